The van der Waals surface area contributed by atoms with Gasteiger partial charge in [-0.1, -0.05) is 6.07 Å². The van der Waals surface area contributed by atoms with Crippen LogP contribution < -0.4 is 14.8 Å². The molecule has 2 aromatic rings. The number of nitrogens with zero attached hydrogens (tertiary/aromatic N) is 1. The van der Waals surface area contributed by atoms with E-state index in [-0.39, 0.29) is 22.9 Å². The van der Waals surface area contributed by atoms with E-state index in [4.69, 9.17) is 14.2 Å². The summed E-state index contributed by atoms with van der Waals surface area (Å²) in [6, 6.07) is 9.08. The first kappa shape index (κ1) is 20.6. The van der Waals surface area contributed by atoms with Gasteiger partial charge in [-0.3, -0.25) is 4.79 Å². The van der Waals surface area contributed by atoms with Crippen molar-refractivity contribution in [3.05, 3.63) is 47.5 Å². The van der Waals surface area contributed by atoms with Gasteiger partial charge >= 0.3 is 5.97 Å². The molecule has 0 aromatic heterocycles. The number of anilines is 1. The summed E-state index contributed by atoms with van der Waals surface area (Å²) in [5.74, 6) is -0.338. The highest BCUT2D eigenvalue weighted by Crippen LogP contribution is 2.32. The van der Waals surface area contributed by atoms with Crippen molar-refractivity contribution < 1.29 is 32.2 Å². The molecule has 0 atom stereocenters. The van der Waals surface area contributed by atoms with Gasteiger partial charge in [0.15, 0.2) is 18.1 Å². The SMILES string of the molecule is Cc1ccc(NC(=O)COC(=O)c2ccc3c(c2)OCO3)cc1S(=O)(=O)N(C)C. The minimum atomic E-state index is -3.66. The lowest BCUT2D eigenvalue weighted by atomic mass is 10.2. The largest absolute Gasteiger partial charge is 0.454 e. The third-order valence-corrected chi connectivity index (χ3v) is 6.13. The van der Waals surface area contributed by atoms with Crippen LogP contribution >= 0.6 is 0 Å². The molecule has 10 heteroatoms. The Hall–Kier alpha value is -3.11. The lowest BCUT2D eigenvalue weighted by molar-refractivity contribution is -0.119. The minimum Gasteiger partial charge on any atom is -0.454 e. The van der Waals surface area contributed by atoms with Crippen molar-refractivity contribution in [3.63, 3.8) is 0 Å². The summed E-state index contributed by atoms with van der Waals surface area (Å²) in [6.07, 6.45) is 0. The predicted octanol–water partition coefficient (Wildman–Crippen LogP) is 1.77. The van der Waals surface area contributed by atoms with Gasteiger partial charge in [-0.15, -0.1) is 0 Å². The number of esters is 1. The molecule has 0 radical (unpaired) electrons. The van der Waals surface area contributed by atoms with E-state index >= 15 is 0 Å². The molecule has 9 nitrogen and oxygen atoms in total. The fraction of sp³-hybridized carbons (Fsp3) is 0.263. The number of amides is 1. The van der Waals surface area contributed by atoms with Gasteiger partial charge < -0.3 is 19.5 Å². The molecule has 1 heterocycles. The van der Waals surface area contributed by atoms with E-state index in [1.54, 1.807) is 25.1 Å². The molecular formula is C19H20N2O7S. The Labute approximate surface area is 168 Å². The second kappa shape index (κ2) is 8.10. The number of carbonyl (C=O) groups excluding carboxylic acids is 2. The van der Waals surface area contributed by atoms with E-state index in [1.165, 1.54) is 32.3 Å². The lowest BCUT2D eigenvalue weighted by Gasteiger charge is -2.15. The van der Waals surface area contributed by atoms with Crippen molar-refractivity contribution in [3.8, 4) is 11.5 Å². The van der Waals surface area contributed by atoms with Gasteiger partial charge in [0.1, 0.15) is 0 Å². The van der Waals surface area contributed by atoms with Crippen molar-refractivity contribution in [2.45, 2.75) is 11.8 Å². The number of benzene rings is 2. The molecule has 1 aliphatic heterocycles. The van der Waals surface area contributed by atoms with E-state index in [0.29, 0.717) is 17.1 Å². The fourth-order valence-electron chi connectivity index (χ4n) is 2.59. The number of fused-ring (bicyclic) bond motifs is 1. The number of carbonyl (C=O) groups is 2. The maximum absolute atomic E-state index is 12.4. The zero-order chi connectivity index (χ0) is 21.2. The molecule has 2 aromatic carbocycles. The van der Waals surface area contributed by atoms with Crippen molar-refractivity contribution in [2.75, 3.05) is 32.8 Å². The van der Waals surface area contributed by atoms with Crippen molar-refractivity contribution in [1.29, 1.82) is 0 Å². The molecule has 29 heavy (non-hydrogen) atoms. The Balaban J connectivity index is 1.63. The summed E-state index contributed by atoms with van der Waals surface area (Å²) in [7, 11) is -0.806. The highest BCUT2D eigenvalue weighted by Gasteiger charge is 2.21. The molecule has 0 bridgehead atoms. The first-order valence-corrected chi connectivity index (χ1v) is 10.0. The quantitative estimate of drug-likeness (QED) is 0.709. The predicted molar refractivity (Wildman–Crippen MR) is 104 cm³/mol. The van der Waals surface area contributed by atoms with Crippen molar-refractivity contribution in [2.24, 2.45) is 0 Å². The maximum Gasteiger partial charge on any atom is 0.338 e. The number of hydrogen-bond donors (Lipinski definition) is 1. The van der Waals surface area contributed by atoms with Crippen LogP contribution in [0.5, 0.6) is 11.5 Å². The molecule has 0 saturated carbocycles. The van der Waals surface area contributed by atoms with Gasteiger partial charge in [0.25, 0.3) is 5.91 Å². The molecular weight excluding hydrogens is 400 g/mol. The van der Waals surface area contributed by atoms with Crippen LogP contribution in [0.3, 0.4) is 0 Å². The van der Waals surface area contributed by atoms with Crippen LogP contribution in [0.15, 0.2) is 41.3 Å². The van der Waals surface area contributed by atoms with Crippen LogP contribution in [-0.2, 0) is 19.6 Å². The van der Waals surface area contributed by atoms with Gasteiger partial charge in [0, 0.05) is 19.8 Å². The highest BCUT2D eigenvalue weighted by molar-refractivity contribution is 7.89. The molecule has 154 valence electrons. The van der Waals surface area contributed by atoms with E-state index < -0.39 is 28.5 Å². The fourth-order valence-corrected chi connectivity index (χ4v) is 3.73. The van der Waals surface area contributed by atoms with E-state index in [2.05, 4.69) is 5.32 Å². The van der Waals surface area contributed by atoms with Crippen LogP contribution in [0.4, 0.5) is 5.69 Å². The third-order valence-electron chi connectivity index (χ3n) is 4.17. The number of hydrogen-bond acceptors (Lipinski definition) is 7. The molecule has 1 N–H and O–H groups in total. The average Bonchev–Trinajstić information content (AvgIpc) is 3.15. The molecule has 0 saturated heterocycles. The second-order valence-electron chi connectivity index (χ2n) is 6.46. The van der Waals surface area contributed by atoms with Gasteiger partial charge in [-0.2, -0.15) is 0 Å². The summed E-state index contributed by atoms with van der Waals surface area (Å²) in [5, 5.41) is 2.53. The molecule has 0 aliphatic carbocycles. The Kier molecular flexibility index (Phi) is 5.76. The average molecular weight is 420 g/mol. The molecule has 0 fully saturated rings. The number of aryl methyl sites for hydroxylation is 1. The maximum atomic E-state index is 12.4. The third kappa shape index (κ3) is 4.49. The Morgan fingerprint density at radius 1 is 1.10 bits per heavy atom. The summed E-state index contributed by atoms with van der Waals surface area (Å²) in [6.45, 7) is 1.21. The number of sulfonamides is 1. The number of ether oxygens (including phenoxy) is 3. The van der Waals surface area contributed by atoms with Gasteiger partial charge in [0.05, 0.1) is 10.5 Å². The zero-order valence-corrected chi connectivity index (χ0v) is 16.9. The first-order valence-electron chi connectivity index (χ1n) is 8.58. The minimum absolute atomic E-state index is 0.0812. The van der Waals surface area contributed by atoms with Crippen LogP contribution in [0, 0.1) is 6.92 Å². The Bertz CT molecular complexity index is 1060. The van der Waals surface area contributed by atoms with Crippen LogP contribution in [0.25, 0.3) is 0 Å². The Morgan fingerprint density at radius 2 is 1.83 bits per heavy atom. The van der Waals surface area contributed by atoms with Crippen LogP contribution in [0.1, 0.15) is 15.9 Å². The van der Waals surface area contributed by atoms with Crippen LogP contribution in [-0.4, -0.2) is 52.1 Å². The van der Waals surface area contributed by atoms with Gasteiger partial charge in [-0.05, 0) is 42.8 Å². The summed E-state index contributed by atoms with van der Waals surface area (Å²) in [5.41, 5.74) is 1.04. The Morgan fingerprint density at radius 3 is 2.55 bits per heavy atom. The number of rotatable bonds is 6. The van der Waals surface area contributed by atoms with E-state index in [1.807, 2.05) is 0 Å². The van der Waals surface area contributed by atoms with Gasteiger partial charge in [0.2, 0.25) is 16.8 Å². The smallest absolute Gasteiger partial charge is 0.338 e. The van der Waals surface area contributed by atoms with Crippen LogP contribution in [0.2, 0.25) is 0 Å². The molecule has 0 spiro atoms. The zero-order valence-electron chi connectivity index (χ0n) is 16.1. The highest BCUT2D eigenvalue weighted by atomic mass is 32.2. The summed E-state index contributed by atoms with van der Waals surface area (Å²) < 4.78 is 41.2. The first-order chi connectivity index (χ1) is 13.7. The molecule has 1 amide bonds. The monoisotopic (exact) mass is 420 g/mol. The van der Waals surface area contributed by atoms with Gasteiger partial charge in [-0.25, -0.2) is 17.5 Å². The van der Waals surface area contributed by atoms with E-state index in [0.717, 1.165) is 4.31 Å². The summed E-state index contributed by atoms with van der Waals surface area (Å²) >= 11 is 0. The second-order valence-corrected chi connectivity index (χ2v) is 8.58. The molecule has 3 rings (SSSR count). The summed E-state index contributed by atoms with van der Waals surface area (Å²) in [4.78, 5) is 24.3. The van der Waals surface area contributed by atoms with E-state index in [9.17, 15) is 18.0 Å². The molecule has 0 unspecified atom stereocenters. The van der Waals surface area contributed by atoms with Crippen molar-refractivity contribution >= 4 is 27.6 Å². The van der Waals surface area contributed by atoms with Crippen molar-refractivity contribution in [1.82, 2.24) is 4.31 Å². The number of nitrogens with one attached hydrogen (secondary N) is 1. The molecule has 1 aliphatic rings. The normalized spacial score (nSPS) is 12.7. The lowest BCUT2D eigenvalue weighted by Crippen LogP contribution is -2.24. The topological polar surface area (TPSA) is 111 Å². The standard InChI is InChI=1S/C19H20N2O7S/c1-12-4-6-14(9-17(12)29(24,25)21(2)3)20-18(22)10-26-19(23)13-5-7-15-16(8-13)28-11-27-15/h4-9H,10-11H2,1-3H3,(H,20,22).